The van der Waals surface area contributed by atoms with Gasteiger partial charge in [0.2, 0.25) is 0 Å². The zero-order valence-electron chi connectivity index (χ0n) is 16.8. The molecule has 0 bridgehead atoms. The van der Waals surface area contributed by atoms with Gasteiger partial charge in [-0.1, -0.05) is 64.7 Å². The average molecular weight is 419 g/mol. The molecule has 0 spiro atoms. The van der Waals surface area contributed by atoms with E-state index in [9.17, 15) is 10.4 Å². The Morgan fingerprint density at radius 2 is 1.75 bits per heavy atom. The minimum Gasteiger partial charge on any atom is -0.454 e. The van der Waals surface area contributed by atoms with Crippen molar-refractivity contribution in [3.8, 4) is 11.8 Å². The van der Waals surface area contributed by atoms with Crippen LogP contribution in [0.15, 0.2) is 110 Å². The molecule has 5 rings (SSSR count). The monoisotopic (exact) mass is 419 g/mol. The summed E-state index contributed by atoms with van der Waals surface area (Å²) in [7, 11) is 0. The molecule has 3 aromatic rings. The highest BCUT2D eigenvalue weighted by Gasteiger charge is 2.25. The third-order valence-corrected chi connectivity index (χ3v) is 5.21. The summed E-state index contributed by atoms with van der Waals surface area (Å²) in [6.07, 6.45) is 9.49. The number of amidine groups is 1. The van der Waals surface area contributed by atoms with Crippen LogP contribution in [-0.4, -0.2) is 22.0 Å². The molecule has 0 radical (unpaired) electrons. The summed E-state index contributed by atoms with van der Waals surface area (Å²) in [5, 5.41) is 26.8. The predicted octanol–water partition coefficient (Wildman–Crippen LogP) is 4.38. The molecule has 6 heteroatoms. The second kappa shape index (κ2) is 8.25. The van der Waals surface area contributed by atoms with Crippen molar-refractivity contribution < 1.29 is 14.8 Å². The minimum absolute atomic E-state index is 0.212. The van der Waals surface area contributed by atoms with E-state index in [0.717, 1.165) is 16.7 Å². The molecule has 0 amide bonds. The summed E-state index contributed by atoms with van der Waals surface area (Å²) in [6, 6.07) is 16.8. The lowest BCUT2D eigenvalue weighted by atomic mass is 9.90. The Balaban J connectivity index is 1.61. The third-order valence-electron chi connectivity index (χ3n) is 5.21. The fourth-order valence-electron chi connectivity index (χ4n) is 3.64. The van der Waals surface area contributed by atoms with Crippen LogP contribution < -0.4 is 5.36 Å². The Bertz CT molecular complexity index is 1490. The molecule has 2 aliphatic rings. The number of benzene rings is 2. The standard InChI is InChI=1S/C26H17N3O3/c30-28-22-16-25(23-15-19-8-4-5-9-20(19)26(27-23)29-31)32-24-14-18(12-13-21(22)24)11-10-17-6-2-1-3-7-17/h1-9,12-16,20,30-31H. The number of allylic oxidation sites excluding steroid dienone is 4. The number of dihydropyridines is 1. The zero-order chi connectivity index (χ0) is 21.9. The van der Waals surface area contributed by atoms with Gasteiger partial charge in [-0.05, 0) is 42.0 Å². The van der Waals surface area contributed by atoms with E-state index in [4.69, 9.17) is 4.42 Å². The summed E-state index contributed by atoms with van der Waals surface area (Å²) in [6.45, 7) is 0. The predicted molar refractivity (Wildman–Crippen MR) is 122 cm³/mol. The smallest absolute Gasteiger partial charge is 0.179 e. The summed E-state index contributed by atoms with van der Waals surface area (Å²) in [5.41, 5.74) is 3.56. The van der Waals surface area contributed by atoms with Crippen molar-refractivity contribution in [1.29, 1.82) is 0 Å². The Hall–Kier alpha value is -4.63. The zero-order valence-corrected chi connectivity index (χ0v) is 16.8. The quantitative estimate of drug-likeness (QED) is 0.348. The van der Waals surface area contributed by atoms with Crippen LogP contribution in [0.4, 0.5) is 0 Å². The fraction of sp³-hybridized carbons (Fsp3) is 0.0385. The van der Waals surface area contributed by atoms with Crippen LogP contribution >= 0.6 is 0 Å². The molecule has 154 valence electrons. The van der Waals surface area contributed by atoms with Crippen molar-refractivity contribution in [3.05, 3.63) is 113 Å². The van der Waals surface area contributed by atoms with Gasteiger partial charge in [-0.2, -0.15) is 0 Å². The van der Waals surface area contributed by atoms with Crippen molar-refractivity contribution in [1.82, 2.24) is 0 Å². The lowest BCUT2D eigenvalue weighted by Gasteiger charge is -2.20. The number of nitrogens with zero attached hydrogens (tertiary/aromatic N) is 3. The Kier molecular flexibility index (Phi) is 4.98. The van der Waals surface area contributed by atoms with Gasteiger partial charge < -0.3 is 14.8 Å². The molecule has 0 saturated carbocycles. The second-order valence-corrected chi connectivity index (χ2v) is 7.24. The maximum atomic E-state index is 9.58. The summed E-state index contributed by atoms with van der Waals surface area (Å²) < 4.78 is 6.12. The van der Waals surface area contributed by atoms with Crippen molar-refractivity contribution in [2.45, 2.75) is 0 Å². The third kappa shape index (κ3) is 3.64. The van der Waals surface area contributed by atoms with E-state index < -0.39 is 0 Å². The van der Waals surface area contributed by atoms with Gasteiger partial charge in [-0.3, -0.25) is 0 Å². The largest absolute Gasteiger partial charge is 0.454 e. The van der Waals surface area contributed by atoms with Crippen LogP contribution in [0.3, 0.4) is 0 Å². The number of rotatable bonds is 1. The van der Waals surface area contributed by atoms with Gasteiger partial charge >= 0.3 is 0 Å². The molecule has 1 unspecified atom stereocenters. The molecule has 1 atom stereocenters. The summed E-state index contributed by atoms with van der Waals surface area (Å²) in [4.78, 5) is 4.45. The van der Waals surface area contributed by atoms with Gasteiger partial charge in [0, 0.05) is 22.6 Å². The molecule has 2 aromatic carbocycles. The van der Waals surface area contributed by atoms with Crippen molar-refractivity contribution in [2.24, 2.45) is 21.2 Å². The van der Waals surface area contributed by atoms with E-state index in [2.05, 4.69) is 27.1 Å². The molecule has 1 aromatic heterocycles. The van der Waals surface area contributed by atoms with E-state index in [1.165, 1.54) is 0 Å². The maximum Gasteiger partial charge on any atom is 0.179 e. The summed E-state index contributed by atoms with van der Waals surface area (Å²) in [5.74, 6) is 6.68. The van der Waals surface area contributed by atoms with Gasteiger partial charge in [-0.25, -0.2) is 4.99 Å². The first-order valence-corrected chi connectivity index (χ1v) is 9.96. The Morgan fingerprint density at radius 3 is 2.56 bits per heavy atom. The topological polar surface area (TPSA) is 90.7 Å². The highest BCUT2D eigenvalue weighted by atomic mass is 16.4. The Morgan fingerprint density at radius 1 is 0.906 bits per heavy atom. The number of aliphatic imine (C=N–C) groups is 1. The first-order chi connectivity index (χ1) is 15.7. The second-order valence-electron chi connectivity index (χ2n) is 7.24. The van der Waals surface area contributed by atoms with Crippen LogP contribution in [0.5, 0.6) is 0 Å². The Labute approximate surface area is 183 Å². The van der Waals surface area contributed by atoms with Crippen LogP contribution in [0.25, 0.3) is 11.0 Å². The molecule has 0 saturated heterocycles. The molecule has 0 fully saturated rings. The van der Waals surface area contributed by atoms with Crippen molar-refractivity contribution >= 4 is 22.5 Å². The lowest BCUT2D eigenvalue weighted by molar-refractivity contribution is 0.302. The minimum atomic E-state index is -0.212. The van der Waals surface area contributed by atoms with Crippen molar-refractivity contribution in [3.63, 3.8) is 0 Å². The van der Waals surface area contributed by atoms with Gasteiger partial charge in [0.25, 0.3) is 0 Å². The molecule has 2 N–H and O–H groups in total. The van der Waals surface area contributed by atoms with Crippen LogP contribution in [0, 0.1) is 17.8 Å². The van der Waals surface area contributed by atoms with Crippen LogP contribution in [0.1, 0.15) is 16.9 Å². The number of hydrogen-bond acceptors (Lipinski definition) is 5. The first-order valence-electron chi connectivity index (χ1n) is 9.96. The maximum absolute atomic E-state index is 9.58. The lowest BCUT2D eigenvalue weighted by Crippen LogP contribution is -2.22. The molecule has 6 nitrogen and oxygen atoms in total. The molecule has 2 heterocycles. The van der Waals surface area contributed by atoms with Crippen LogP contribution in [0.2, 0.25) is 0 Å². The van der Waals surface area contributed by atoms with Gasteiger partial charge in [0.1, 0.15) is 16.7 Å². The SMILES string of the molecule is ON=C1N=C(c2cc(=NO)c3ccc(C#Cc4ccccc4)cc3o2)C=C2C=CC=CC21. The fourth-order valence-corrected chi connectivity index (χ4v) is 3.64. The highest BCUT2D eigenvalue weighted by Crippen LogP contribution is 2.27. The normalized spacial score (nSPS) is 18.7. The van der Waals surface area contributed by atoms with Crippen molar-refractivity contribution in [2.75, 3.05) is 0 Å². The van der Waals surface area contributed by atoms with E-state index in [0.29, 0.717) is 27.8 Å². The average Bonchev–Trinajstić information content (AvgIpc) is 2.86. The van der Waals surface area contributed by atoms with E-state index in [1.54, 1.807) is 18.2 Å². The van der Waals surface area contributed by atoms with E-state index >= 15 is 0 Å². The summed E-state index contributed by atoms with van der Waals surface area (Å²) >= 11 is 0. The first kappa shape index (κ1) is 19.3. The molecule has 1 aliphatic heterocycles. The molecule has 1 aliphatic carbocycles. The molecular formula is C26H17N3O3. The molecular weight excluding hydrogens is 402 g/mol. The van der Waals surface area contributed by atoms with Gasteiger partial charge in [0.05, 0.1) is 5.92 Å². The van der Waals surface area contributed by atoms with Crippen LogP contribution in [-0.2, 0) is 0 Å². The number of fused-ring (bicyclic) bond motifs is 2. The number of oxime groups is 1. The van der Waals surface area contributed by atoms with E-state index in [-0.39, 0.29) is 11.8 Å². The van der Waals surface area contributed by atoms with E-state index in [1.807, 2.05) is 66.8 Å². The van der Waals surface area contributed by atoms with Gasteiger partial charge in [-0.15, -0.1) is 0 Å². The number of hydrogen-bond donors (Lipinski definition) is 2. The molecule has 32 heavy (non-hydrogen) atoms. The van der Waals surface area contributed by atoms with Gasteiger partial charge in [0.15, 0.2) is 11.6 Å². The highest BCUT2D eigenvalue weighted by molar-refractivity contribution is 6.16.